The summed E-state index contributed by atoms with van der Waals surface area (Å²) in [5.74, 6) is -11.6. The summed E-state index contributed by atoms with van der Waals surface area (Å²) in [6.07, 6.45) is -0.870. The number of primary amides is 1. The number of aliphatic hydroxyl groups is 1. The normalized spacial score (nSPS) is 15.3. The van der Waals surface area contributed by atoms with Gasteiger partial charge >= 0.3 is 0 Å². The molecule has 1 rings (SSSR count). The van der Waals surface area contributed by atoms with Gasteiger partial charge in [0.05, 0.1) is 12.1 Å². The molecule has 36 nitrogen and oxygen atoms in total. The fraction of sp³-hybridized carbons (Fsp3) is 0.656. The second-order valence-corrected chi connectivity index (χ2v) is 24.4. The standard InChI is InChI=1S/C61H110N24O12/c1-10-32(5)44(84-56(96)45(33(6)11-2)83-51(91)40(23-17-27-74-60(68)69)78-49(89)35(8)76-48(88)34(7)62)55(95)82-42(29-31(3)4)53(93)79-41(24-18-28-75-61(70)71)52(92)85-46(36(9)86)57(97)80-39(22-16-26-73-59(66)67)50(90)81-43(30-37-19-13-12-14-20-37)54(94)77-38(47(63)87)21-15-25-72-58(64)65/h12-14,19-20,31-36,38-46,86H,10-11,15-18,21-30,62H2,1-9H3,(H2,63,87)(H,76,88)(H,77,94)(H,78,89)(H,79,93)(H,80,97)(H,81,90)(H,82,95)(H,83,91)(H,84,96)(H,85,92)(H4,64,65,72)(H4,66,67,73)(H4,68,69,74)(H4,70,71,75)/t32-,33-,34-,35-,36+,38-,39-,40-,41-,42-,43-,44-,45-,46-/m0/s1. The first-order chi connectivity index (χ1) is 45.5. The van der Waals surface area contributed by atoms with Crippen molar-refractivity contribution in [3.8, 4) is 0 Å². The first-order valence-electron chi connectivity index (χ1n) is 32.6. The largest absolute Gasteiger partial charge is 0.391 e. The number of rotatable bonds is 46. The van der Waals surface area contributed by atoms with E-state index in [1.165, 1.54) is 20.8 Å². The van der Waals surface area contributed by atoms with Crippen molar-refractivity contribution in [1.82, 2.24) is 53.2 Å². The molecule has 1 aromatic carbocycles. The number of aliphatic imine (C=N–C) groups is 4. The maximum Gasteiger partial charge on any atom is 0.245 e. The molecule has 0 aromatic heterocycles. The lowest BCUT2D eigenvalue weighted by atomic mass is 9.94. The van der Waals surface area contributed by atoms with Crippen LogP contribution in [0.2, 0.25) is 0 Å². The zero-order chi connectivity index (χ0) is 73.6. The van der Waals surface area contributed by atoms with E-state index in [0.717, 1.165) is 0 Å². The van der Waals surface area contributed by atoms with E-state index in [4.69, 9.17) is 57.3 Å². The molecule has 36 heteroatoms. The van der Waals surface area contributed by atoms with Gasteiger partial charge in [-0.25, -0.2) is 0 Å². The van der Waals surface area contributed by atoms with Gasteiger partial charge in [-0.3, -0.25) is 72.7 Å². The summed E-state index contributed by atoms with van der Waals surface area (Å²) < 4.78 is 0. The third-order valence-corrected chi connectivity index (χ3v) is 15.4. The summed E-state index contributed by atoms with van der Waals surface area (Å²) in [7, 11) is 0. The maximum absolute atomic E-state index is 14.6. The summed E-state index contributed by atoms with van der Waals surface area (Å²) in [5, 5.41) is 37.5. The van der Waals surface area contributed by atoms with Crippen molar-refractivity contribution in [3.63, 3.8) is 0 Å². The van der Waals surface area contributed by atoms with E-state index in [2.05, 4.69) is 73.1 Å². The van der Waals surface area contributed by atoms with Crippen molar-refractivity contribution in [1.29, 1.82) is 0 Å². The highest BCUT2D eigenvalue weighted by Gasteiger charge is 2.38. The van der Waals surface area contributed by atoms with Crippen LogP contribution < -0.4 is 111 Å². The van der Waals surface area contributed by atoms with E-state index >= 15 is 0 Å². The number of benzene rings is 1. The van der Waals surface area contributed by atoms with Gasteiger partial charge in [0.15, 0.2) is 23.8 Å². The quantitative estimate of drug-likeness (QED) is 0.0164. The monoisotopic (exact) mass is 1370 g/mol. The Morgan fingerprint density at radius 3 is 1.10 bits per heavy atom. The Hall–Kier alpha value is -9.61. The van der Waals surface area contributed by atoms with E-state index < -0.39 is 149 Å². The van der Waals surface area contributed by atoms with E-state index in [1.807, 2.05) is 0 Å². The number of hydrogen-bond donors (Lipinski definition) is 21. The van der Waals surface area contributed by atoms with Gasteiger partial charge in [-0.15, -0.1) is 0 Å². The first kappa shape index (κ1) is 85.4. The van der Waals surface area contributed by atoms with Gasteiger partial charge in [0, 0.05) is 32.6 Å². The maximum atomic E-state index is 14.6. The lowest BCUT2D eigenvalue weighted by Gasteiger charge is -2.31. The fourth-order valence-electron chi connectivity index (χ4n) is 9.48. The van der Waals surface area contributed by atoms with Crippen LogP contribution in [0.5, 0.6) is 0 Å². The van der Waals surface area contributed by atoms with E-state index in [9.17, 15) is 57.8 Å². The number of aliphatic hydroxyl groups excluding tert-OH is 1. The highest BCUT2D eigenvalue weighted by atomic mass is 16.3. The van der Waals surface area contributed by atoms with E-state index in [0.29, 0.717) is 18.4 Å². The van der Waals surface area contributed by atoms with Gasteiger partial charge in [0.25, 0.3) is 0 Å². The number of hydrogen-bond acceptors (Lipinski definition) is 17. The minimum atomic E-state index is -1.82. The highest BCUT2D eigenvalue weighted by Crippen LogP contribution is 2.16. The number of carbonyl (C=O) groups is 11. The van der Waals surface area contributed by atoms with Gasteiger partial charge in [0.2, 0.25) is 65.0 Å². The molecule has 546 valence electrons. The predicted molar refractivity (Wildman–Crippen MR) is 368 cm³/mol. The Kier molecular flexibility index (Phi) is 39.6. The molecule has 31 N–H and O–H groups in total. The lowest BCUT2D eigenvalue weighted by molar-refractivity contribution is -0.137. The molecule has 0 bridgehead atoms. The number of carbonyl (C=O) groups excluding carboxylic acids is 11. The molecule has 0 radical (unpaired) electrons. The van der Waals surface area contributed by atoms with Crippen LogP contribution in [0, 0.1) is 17.8 Å². The van der Waals surface area contributed by atoms with Gasteiger partial charge < -0.3 is 116 Å². The Balaban J connectivity index is 3.74. The molecule has 0 fully saturated rings. The summed E-state index contributed by atoms with van der Waals surface area (Å²) in [4.78, 5) is 169. The van der Waals surface area contributed by atoms with Crippen LogP contribution in [-0.2, 0) is 59.2 Å². The second-order valence-electron chi connectivity index (χ2n) is 24.4. The summed E-state index contributed by atoms with van der Waals surface area (Å²) >= 11 is 0. The molecule has 0 saturated carbocycles. The molecule has 14 atom stereocenters. The summed E-state index contributed by atoms with van der Waals surface area (Å²) in [5.41, 5.74) is 56.0. The molecule has 0 aliphatic rings. The molecule has 11 amide bonds. The average Bonchev–Trinajstić information content (AvgIpc) is 1.08. The van der Waals surface area contributed by atoms with Crippen molar-refractivity contribution in [2.45, 2.75) is 212 Å². The molecule has 1 aromatic rings. The molecule has 0 aliphatic heterocycles. The number of nitrogens with two attached hydrogens (primary N) is 10. The summed E-state index contributed by atoms with van der Waals surface area (Å²) in [6, 6.07) is -6.21. The predicted octanol–water partition coefficient (Wildman–Crippen LogP) is -6.34. The minimum absolute atomic E-state index is 0.00944. The zero-order valence-corrected chi connectivity index (χ0v) is 57.4. The van der Waals surface area contributed by atoms with Crippen LogP contribution in [0.4, 0.5) is 0 Å². The third kappa shape index (κ3) is 34.1. The third-order valence-electron chi connectivity index (χ3n) is 15.4. The minimum Gasteiger partial charge on any atom is -0.391 e. The molecular formula is C61H110N24O12. The fourth-order valence-corrected chi connectivity index (χ4v) is 9.48. The molecular weight excluding hydrogens is 1260 g/mol. The molecule has 0 aliphatic carbocycles. The number of amides is 11. The number of nitrogens with zero attached hydrogens (tertiary/aromatic N) is 4. The molecule has 0 heterocycles. The smallest absolute Gasteiger partial charge is 0.245 e. The van der Waals surface area contributed by atoms with Crippen molar-refractivity contribution in [2.75, 3.05) is 26.2 Å². The lowest BCUT2D eigenvalue weighted by Crippen LogP contribution is -2.62. The van der Waals surface area contributed by atoms with Gasteiger partial charge in [0.1, 0.15) is 60.4 Å². The van der Waals surface area contributed by atoms with Crippen molar-refractivity contribution >= 4 is 88.8 Å². The van der Waals surface area contributed by atoms with Crippen molar-refractivity contribution in [3.05, 3.63) is 35.9 Å². The van der Waals surface area contributed by atoms with Crippen LogP contribution in [0.1, 0.15) is 139 Å². The zero-order valence-electron chi connectivity index (χ0n) is 57.4. The van der Waals surface area contributed by atoms with Crippen LogP contribution >= 0.6 is 0 Å². The molecule has 0 spiro atoms. The number of guanidine groups is 4. The Bertz CT molecular complexity index is 2840. The van der Waals surface area contributed by atoms with E-state index in [1.54, 1.807) is 71.9 Å². The van der Waals surface area contributed by atoms with E-state index in [-0.39, 0.29) is 120 Å². The molecule has 0 unspecified atom stereocenters. The van der Waals surface area contributed by atoms with Crippen molar-refractivity contribution < 1.29 is 57.8 Å². The second kappa shape index (κ2) is 44.9. The summed E-state index contributed by atoms with van der Waals surface area (Å²) in [6.45, 7) is 14.6. The van der Waals surface area contributed by atoms with Gasteiger partial charge in [-0.2, -0.15) is 0 Å². The SMILES string of the molecule is CC[C@H](C)[C@H](NC(=O)[C@H](CCCN=C(N)N)NC(=O)[C@H](C)NC(=O)[C@H](C)N)C(=O)N[C@H](C(=O)N[C@@H](CC(C)C)C(=O)N[C@@H](CCCN=C(N)N)C(=O)N[C@H](C(=O)N[C@@H](CCCN=C(N)N)C(=O)N[C@@H](Cc1ccccc1)C(=O)N[C@@H](CCCN=C(N)N)C(N)=O)[C@@H](C)O)[C@@H](C)CC. The van der Waals surface area contributed by atoms with Gasteiger partial charge in [-0.1, -0.05) is 84.7 Å². The van der Waals surface area contributed by atoms with Gasteiger partial charge in [-0.05, 0) is 102 Å². The van der Waals surface area contributed by atoms with Crippen LogP contribution in [0.3, 0.4) is 0 Å². The topological polar surface area (TPSA) is 638 Å². The van der Waals surface area contributed by atoms with Crippen LogP contribution in [0.15, 0.2) is 50.3 Å². The Morgan fingerprint density at radius 2 is 0.711 bits per heavy atom. The van der Waals surface area contributed by atoms with Crippen LogP contribution in [0.25, 0.3) is 0 Å². The Labute approximate surface area is 567 Å². The number of nitrogens with one attached hydrogen (secondary N) is 10. The first-order valence-corrected chi connectivity index (χ1v) is 32.6. The molecule has 0 saturated heterocycles. The highest BCUT2D eigenvalue weighted by molar-refractivity contribution is 5.99. The van der Waals surface area contributed by atoms with Crippen molar-refractivity contribution in [2.24, 2.45) is 95.1 Å². The van der Waals surface area contributed by atoms with Crippen LogP contribution in [-0.4, -0.2) is 193 Å². The average molecular weight is 1370 g/mol. The Morgan fingerprint density at radius 1 is 0.392 bits per heavy atom. The molecule has 97 heavy (non-hydrogen) atoms.